The van der Waals surface area contributed by atoms with E-state index in [-0.39, 0.29) is 11.7 Å². The summed E-state index contributed by atoms with van der Waals surface area (Å²) in [6.45, 7) is 2.04. The van der Waals surface area contributed by atoms with Crippen LogP contribution in [0.15, 0.2) is 6.20 Å². The maximum absolute atomic E-state index is 11.3. The van der Waals surface area contributed by atoms with Crippen molar-refractivity contribution >= 4 is 23.0 Å². The van der Waals surface area contributed by atoms with Crippen LogP contribution in [-0.2, 0) is 11.3 Å². The molecule has 1 fully saturated rings. The number of ketones is 1. The molecule has 0 aliphatic carbocycles. The number of thiazole rings is 1. The second-order valence-electron chi connectivity index (χ2n) is 3.71. The van der Waals surface area contributed by atoms with Gasteiger partial charge in [0.15, 0.2) is 5.01 Å². The largest absolute Gasteiger partial charge is 0.353 e. The van der Waals surface area contributed by atoms with Crippen LogP contribution in [0.3, 0.4) is 0 Å². The predicted octanol–water partition coefficient (Wildman–Crippen LogP) is 0.277. The van der Waals surface area contributed by atoms with E-state index in [9.17, 15) is 9.59 Å². The molecule has 0 bridgehead atoms. The van der Waals surface area contributed by atoms with Gasteiger partial charge in [-0.05, 0) is 0 Å². The lowest BCUT2D eigenvalue weighted by Crippen LogP contribution is -2.19. The monoisotopic (exact) mass is 239 g/mol. The highest BCUT2D eigenvalue weighted by molar-refractivity contribution is 7.13. The van der Waals surface area contributed by atoms with Crippen LogP contribution in [0.5, 0.6) is 0 Å². The molecule has 1 aliphatic rings. The van der Waals surface area contributed by atoms with Crippen LogP contribution in [0.1, 0.15) is 21.1 Å². The number of nitrogens with zero attached hydrogens (tertiary/aromatic N) is 2. The molecule has 86 valence electrons. The summed E-state index contributed by atoms with van der Waals surface area (Å²) >= 11 is 1.38. The summed E-state index contributed by atoms with van der Waals surface area (Å²) in [6.07, 6.45) is 2.35. The van der Waals surface area contributed by atoms with Crippen LogP contribution >= 0.6 is 11.3 Å². The second kappa shape index (κ2) is 4.71. The number of nitrogens with one attached hydrogen (secondary N) is 1. The van der Waals surface area contributed by atoms with Crippen LogP contribution in [0, 0.1) is 0 Å². The summed E-state index contributed by atoms with van der Waals surface area (Å²) in [5.41, 5.74) is 0. The highest BCUT2D eigenvalue weighted by Gasteiger charge is 2.20. The summed E-state index contributed by atoms with van der Waals surface area (Å²) < 4.78 is 0. The van der Waals surface area contributed by atoms with E-state index in [0.29, 0.717) is 24.5 Å². The molecule has 1 aromatic heterocycles. The van der Waals surface area contributed by atoms with E-state index >= 15 is 0 Å². The Kier molecular flexibility index (Phi) is 3.31. The fourth-order valence-corrected chi connectivity index (χ4v) is 2.54. The van der Waals surface area contributed by atoms with E-state index < -0.39 is 0 Å². The maximum Gasteiger partial charge on any atom is 0.280 e. The minimum Gasteiger partial charge on any atom is -0.353 e. The molecule has 0 atom stereocenters. The quantitative estimate of drug-likeness (QED) is 0.823. The van der Waals surface area contributed by atoms with Gasteiger partial charge in [0.05, 0.1) is 6.54 Å². The summed E-state index contributed by atoms with van der Waals surface area (Å²) in [6, 6.07) is 0. The van der Waals surface area contributed by atoms with Gasteiger partial charge in [0.1, 0.15) is 5.78 Å². The lowest BCUT2D eigenvalue weighted by molar-refractivity contribution is -0.116. The van der Waals surface area contributed by atoms with Gasteiger partial charge in [-0.15, -0.1) is 11.3 Å². The Labute approximate surface area is 97.5 Å². The molecule has 5 nitrogen and oxygen atoms in total. The number of rotatable bonds is 3. The number of Topliss-reactive ketones (excluding diaryl/α,β-unsaturated/α-hetero) is 1. The predicted molar refractivity (Wildman–Crippen MR) is 60.4 cm³/mol. The molecule has 6 heteroatoms. The van der Waals surface area contributed by atoms with Crippen molar-refractivity contribution in [3.63, 3.8) is 0 Å². The molecular weight excluding hydrogens is 226 g/mol. The molecular formula is C10H13N3O2S. The Bertz CT molecular complexity index is 416. The zero-order chi connectivity index (χ0) is 11.5. The molecule has 1 aromatic rings. The average Bonchev–Trinajstić information content (AvgIpc) is 2.87. The molecule has 0 aromatic carbocycles. The molecule has 0 saturated carbocycles. The SMILES string of the molecule is CNC(=O)c1ncc(CN2CCC(=O)C2)s1. The Morgan fingerprint density at radius 1 is 1.69 bits per heavy atom. The van der Waals surface area contributed by atoms with Crippen molar-refractivity contribution < 1.29 is 9.59 Å². The number of aromatic nitrogens is 1. The van der Waals surface area contributed by atoms with Gasteiger partial charge in [-0.3, -0.25) is 14.5 Å². The van der Waals surface area contributed by atoms with Crippen molar-refractivity contribution in [1.82, 2.24) is 15.2 Å². The van der Waals surface area contributed by atoms with E-state index in [4.69, 9.17) is 0 Å². The molecule has 0 unspecified atom stereocenters. The van der Waals surface area contributed by atoms with Crippen LogP contribution in [0.25, 0.3) is 0 Å². The van der Waals surface area contributed by atoms with Crippen LogP contribution in [-0.4, -0.2) is 41.7 Å². The van der Waals surface area contributed by atoms with E-state index in [0.717, 1.165) is 11.4 Å². The smallest absolute Gasteiger partial charge is 0.280 e. The van der Waals surface area contributed by atoms with Gasteiger partial charge in [0.25, 0.3) is 5.91 Å². The Morgan fingerprint density at radius 3 is 3.12 bits per heavy atom. The molecule has 1 N–H and O–H groups in total. The first-order chi connectivity index (χ1) is 7.69. The van der Waals surface area contributed by atoms with Gasteiger partial charge >= 0.3 is 0 Å². The first kappa shape index (κ1) is 11.2. The van der Waals surface area contributed by atoms with Crippen LogP contribution in [0.4, 0.5) is 0 Å². The lowest BCUT2D eigenvalue weighted by atomic mass is 10.4. The van der Waals surface area contributed by atoms with Crippen LogP contribution in [0.2, 0.25) is 0 Å². The van der Waals surface area contributed by atoms with Crippen molar-refractivity contribution in [3.05, 3.63) is 16.1 Å². The minimum absolute atomic E-state index is 0.159. The fraction of sp³-hybridized carbons (Fsp3) is 0.500. The van der Waals surface area contributed by atoms with Gasteiger partial charge in [-0.2, -0.15) is 0 Å². The summed E-state index contributed by atoms with van der Waals surface area (Å²) in [4.78, 5) is 29.5. The third-order valence-corrected chi connectivity index (χ3v) is 3.44. The highest BCUT2D eigenvalue weighted by atomic mass is 32.1. The van der Waals surface area contributed by atoms with Crippen molar-refractivity contribution in [3.8, 4) is 0 Å². The summed E-state index contributed by atoms with van der Waals surface area (Å²) in [7, 11) is 1.59. The second-order valence-corrected chi connectivity index (χ2v) is 4.83. The standard InChI is InChI=1S/C10H13N3O2S/c1-11-9(15)10-12-4-8(16-10)6-13-3-2-7(14)5-13/h4H,2-3,5-6H2,1H3,(H,11,15). The number of carbonyl (C=O) groups excluding carboxylic acids is 2. The average molecular weight is 239 g/mol. The summed E-state index contributed by atoms with van der Waals surface area (Å²) in [5.74, 6) is 0.129. The molecule has 2 rings (SSSR count). The van der Waals surface area contributed by atoms with E-state index in [1.807, 2.05) is 0 Å². The van der Waals surface area contributed by atoms with E-state index in [1.54, 1.807) is 13.2 Å². The maximum atomic E-state index is 11.3. The molecule has 0 spiro atoms. The van der Waals surface area contributed by atoms with Crippen molar-refractivity contribution in [2.75, 3.05) is 20.1 Å². The fourth-order valence-electron chi connectivity index (χ4n) is 1.64. The number of likely N-dealkylation sites (tertiary alicyclic amines) is 1. The molecule has 1 saturated heterocycles. The third-order valence-electron chi connectivity index (χ3n) is 2.46. The van der Waals surface area contributed by atoms with E-state index in [1.165, 1.54) is 11.3 Å². The molecule has 1 amide bonds. The van der Waals surface area contributed by atoms with Gasteiger partial charge in [0.2, 0.25) is 0 Å². The molecule has 0 radical (unpaired) electrons. The zero-order valence-electron chi connectivity index (χ0n) is 9.02. The lowest BCUT2D eigenvalue weighted by Gasteiger charge is -2.10. The number of hydrogen-bond acceptors (Lipinski definition) is 5. The van der Waals surface area contributed by atoms with Crippen molar-refractivity contribution in [1.29, 1.82) is 0 Å². The van der Waals surface area contributed by atoms with Gasteiger partial charge < -0.3 is 5.32 Å². The first-order valence-electron chi connectivity index (χ1n) is 5.10. The minimum atomic E-state index is -0.159. The van der Waals surface area contributed by atoms with Crippen molar-refractivity contribution in [2.24, 2.45) is 0 Å². The Morgan fingerprint density at radius 2 is 2.50 bits per heavy atom. The third kappa shape index (κ3) is 2.45. The van der Waals surface area contributed by atoms with E-state index in [2.05, 4.69) is 15.2 Å². The first-order valence-corrected chi connectivity index (χ1v) is 5.91. The number of carbonyl (C=O) groups is 2. The number of amides is 1. The van der Waals surface area contributed by atoms with Crippen LogP contribution < -0.4 is 5.32 Å². The van der Waals surface area contributed by atoms with Crippen molar-refractivity contribution in [2.45, 2.75) is 13.0 Å². The Hall–Kier alpha value is -1.27. The number of hydrogen-bond donors (Lipinski definition) is 1. The normalized spacial score (nSPS) is 16.7. The van der Waals surface area contributed by atoms with Gasteiger partial charge in [0, 0.05) is 37.6 Å². The molecule has 2 heterocycles. The molecule has 16 heavy (non-hydrogen) atoms. The summed E-state index contributed by atoms with van der Waals surface area (Å²) in [5, 5.41) is 3.01. The topological polar surface area (TPSA) is 62.3 Å². The Balaban J connectivity index is 1.97. The van der Waals surface area contributed by atoms with Gasteiger partial charge in [-0.1, -0.05) is 0 Å². The highest BCUT2D eigenvalue weighted by Crippen LogP contribution is 2.17. The van der Waals surface area contributed by atoms with Gasteiger partial charge in [-0.25, -0.2) is 4.98 Å². The molecule has 1 aliphatic heterocycles. The zero-order valence-corrected chi connectivity index (χ0v) is 9.84.